The molecule has 0 unspecified atom stereocenters. The van der Waals surface area contributed by atoms with E-state index >= 15 is 0 Å². The van der Waals surface area contributed by atoms with Crippen LogP contribution in [0.2, 0.25) is 5.02 Å². The molecule has 0 saturated carbocycles. The Kier molecular flexibility index (Phi) is 4.92. The molecule has 1 N–H and O–H groups in total. The summed E-state index contributed by atoms with van der Waals surface area (Å²) < 4.78 is 0. The van der Waals surface area contributed by atoms with Gasteiger partial charge in [-0.05, 0) is 30.8 Å². The number of hydrogen-bond acceptors (Lipinski definition) is 2. The molecule has 23 heavy (non-hydrogen) atoms. The molecule has 0 amide bonds. The van der Waals surface area contributed by atoms with Crippen molar-refractivity contribution in [3.8, 4) is 11.8 Å². The molecule has 2 aromatic carbocycles. The number of aliphatic imine (C=N–C) groups is 1. The van der Waals surface area contributed by atoms with Crippen molar-refractivity contribution in [3.63, 3.8) is 0 Å². The first kappa shape index (κ1) is 15.6. The molecule has 1 aliphatic heterocycles. The monoisotopic (exact) mass is 320 g/mol. The van der Waals surface area contributed by atoms with Crippen molar-refractivity contribution in [1.29, 1.82) is 0 Å². The minimum Gasteiger partial charge on any atom is -0.309 e. The number of halogens is 1. The molecule has 3 rings (SSSR count). The number of benzene rings is 2. The molecule has 0 saturated heterocycles. The van der Waals surface area contributed by atoms with Crippen LogP contribution in [0.25, 0.3) is 5.57 Å². The molecule has 0 aliphatic carbocycles. The van der Waals surface area contributed by atoms with Gasteiger partial charge in [0.2, 0.25) is 0 Å². The molecule has 1 aliphatic rings. The lowest BCUT2D eigenvalue weighted by molar-refractivity contribution is 0.938. The standard InChI is InChI=1S/C20H17ClN2/c1-22-12-5-8-15-11-13-23-20(16-6-3-2-4-7-16)19-14-17(21)9-10-18(15)19/h2-4,6-7,9-11,14,22H,12-13H2,1H3. The van der Waals surface area contributed by atoms with Gasteiger partial charge >= 0.3 is 0 Å². The van der Waals surface area contributed by atoms with E-state index < -0.39 is 0 Å². The Morgan fingerprint density at radius 3 is 2.74 bits per heavy atom. The third-order valence-electron chi connectivity index (χ3n) is 3.61. The van der Waals surface area contributed by atoms with Gasteiger partial charge in [0.1, 0.15) is 0 Å². The Balaban J connectivity index is 2.11. The fraction of sp³-hybridized carbons (Fsp3) is 0.150. The van der Waals surface area contributed by atoms with E-state index in [0.29, 0.717) is 18.1 Å². The van der Waals surface area contributed by atoms with E-state index in [1.165, 1.54) is 0 Å². The van der Waals surface area contributed by atoms with Crippen molar-refractivity contribution in [3.05, 3.63) is 76.3 Å². The molecule has 0 radical (unpaired) electrons. The fourth-order valence-electron chi connectivity index (χ4n) is 2.56. The van der Waals surface area contributed by atoms with Gasteiger partial charge in [-0.1, -0.05) is 59.8 Å². The van der Waals surface area contributed by atoms with Crippen molar-refractivity contribution in [2.75, 3.05) is 20.1 Å². The molecular formula is C20H17ClN2. The normalized spacial score (nSPS) is 13.1. The van der Waals surface area contributed by atoms with E-state index in [9.17, 15) is 0 Å². The van der Waals surface area contributed by atoms with Gasteiger partial charge in [0.25, 0.3) is 0 Å². The van der Waals surface area contributed by atoms with Crippen LogP contribution in [0, 0.1) is 11.8 Å². The van der Waals surface area contributed by atoms with Gasteiger partial charge in [-0.25, -0.2) is 0 Å². The van der Waals surface area contributed by atoms with Gasteiger partial charge in [-0.15, -0.1) is 0 Å². The Labute approximate surface area is 141 Å². The Morgan fingerprint density at radius 2 is 1.96 bits per heavy atom. The van der Waals surface area contributed by atoms with Crippen LogP contribution in [0.3, 0.4) is 0 Å². The lowest BCUT2D eigenvalue weighted by Crippen LogP contribution is -2.06. The molecule has 2 nitrogen and oxygen atoms in total. The van der Waals surface area contributed by atoms with E-state index in [-0.39, 0.29) is 0 Å². The van der Waals surface area contributed by atoms with E-state index in [4.69, 9.17) is 16.6 Å². The summed E-state index contributed by atoms with van der Waals surface area (Å²) in [5.41, 5.74) is 5.17. The van der Waals surface area contributed by atoms with E-state index in [1.807, 2.05) is 43.4 Å². The highest BCUT2D eigenvalue weighted by Gasteiger charge is 2.16. The largest absolute Gasteiger partial charge is 0.309 e. The predicted octanol–water partition coefficient (Wildman–Crippen LogP) is 3.80. The number of allylic oxidation sites excluding steroid dienone is 1. The van der Waals surface area contributed by atoms with Gasteiger partial charge in [0.15, 0.2) is 0 Å². The molecule has 0 bridgehead atoms. The summed E-state index contributed by atoms with van der Waals surface area (Å²) in [5.74, 6) is 6.37. The molecule has 0 atom stereocenters. The van der Waals surface area contributed by atoms with Crippen LogP contribution in [0.1, 0.15) is 16.7 Å². The second kappa shape index (κ2) is 7.28. The van der Waals surface area contributed by atoms with E-state index in [0.717, 1.165) is 28.0 Å². The number of rotatable bonds is 2. The first-order valence-corrected chi connectivity index (χ1v) is 7.91. The van der Waals surface area contributed by atoms with Crippen LogP contribution >= 0.6 is 11.6 Å². The maximum Gasteiger partial charge on any atom is 0.0729 e. The lowest BCUT2D eigenvalue weighted by atomic mass is 9.94. The average Bonchev–Trinajstić information content (AvgIpc) is 2.75. The second-order valence-electron chi connectivity index (χ2n) is 5.20. The van der Waals surface area contributed by atoms with Gasteiger partial charge in [0.05, 0.1) is 18.8 Å². The molecular weight excluding hydrogens is 304 g/mol. The third kappa shape index (κ3) is 3.53. The lowest BCUT2D eigenvalue weighted by Gasteiger charge is -2.11. The highest BCUT2D eigenvalue weighted by Crippen LogP contribution is 2.27. The topological polar surface area (TPSA) is 24.4 Å². The zero-order chi connectivity index (χ0) is 16.1. The summed E-state index contributed by atoms with van der Waals surface area (Å²) in [6.45, 7) is 1.27. The summed E-state index contributed by atoms with van der Waals surface area (Å²) >= 11 is 6.24. The number of nitrogens with zero attached hydrogens (tertiary/aromatic N) is 1. The van der Waals surface area contributed by atoms with Crippen LogP contribution in [0.5, 0.6) is 0 Å². The molecule has 2 aromatic rings. The summed E-state index contributed by atoms with van der Waals surface area (Å²) in [6, 6.07) is 16.1. The Bertz CT molecular complexity index is 824. The van der Waals surface area contributed by atoms with Gasteiger partial charge < -0.3 is 5.32 Å². The van der Waals surface area contributed by atoms with Crippen molar-refractivity contribution in [1.82, 2.24) is 5.32 Å². The van der Waals surface area contributed by atoms with Crippen LogP contribution in [-0.2, 0) is 0 Å². The van der Waals surface area contributed by atoms with Crippen molar-refractivity contribution < 1.29 is 0 Å². The predicted molar refractivity (Wildman–Crippen MR) is 98.1 cm³/mol. The number of hydrogen-bond donors (Lipinski definition) is 1. The third-order valence-corrected chi connectivity index (χ3v) is 3.84. The maximum atomic E-state index is 6.24. The molecule has 0 aromatic heterocycles. The average molecular weight is 321 g/mol. The van der Waals surface area contributed by atoms with Crippen molar-refractivity contribution >= 4 is 22.9 Å². The minimum atomic E-state index is 0.611. The second-order valence-corrected chi connectivity index (χ2v) is 5.63. The molecule has 3 heteroatoms. The maximum absolute atomic E-state index is 6.24. The van der Waals surface area contributed by atoms with Crippen molar-refractivity contribution in [2.45, 2.75) is 0 Å². The first-order valence-electron chi connectivity index (χ1n) is 7.53. The van der Waals surface area contributed by atoms with Crippen LogP contribution in [0.15, 0.2) is 59.6 Å². The summed E-state index contributed by atoms with van der Waals surface area (Å²) in [6.07, 6.45) is 2.07. The first-order chi connectivity index (χ1) is 11.3. The summed E-state index contributed by atoms with van der Waals surface area (Å²) in [5, 5.41) is 3.75. The molecule has 114 valence electrons. The Hall–Kier alpha value is -2.34. The highest BCUT2D eigenvalue weighted by molar-refractivity contribution is 6.31. The Morgan fingerprint density at radius 1 is 1.13 bits per heavy atom. The zero-order valence-corrected chi connectivity index (χ0v) is 13.7. The summed E-state index contributed by atoms with van der Waals surface area (Å²) in [7, 11) is 1.89. The SMILES string of the molecule is CNCC#CC1=CCN=C(c2ccccc2)c2cc(Cl)ccc21. The fourth-order valence-corrected chi connectivity index (χ4v) is 2.73. The summed E-state index contributed by atoms with van der Waals surface area (Å²) in [4.78, 5) is 4.75. The van der Waals surface area contributed by atoms with Crippen molar-refractivity contribution in [2.24, 2.45) is 4.99 Å². The van der Waals surface area contributed by atoms with Gasteiger partial charge in [-0.3, -0.25) is 4.99 Å². The minimum absolute atomic E-state index is 0.611. The zero-order valence-electron chi connectivity index (χ0n) is 12.9. The van der Waals surface area contributed by atoms with E-state index in [2.05, 4.69) is 35.4 Å². The highest BCUT2D eigenvalue weighted by atomic mass is 35.5. The van der Waals surface area contributed by atoms with Gasteiger partial charge in [-0.2, -0.15) is 0 Å². The number of nitrogens with one attached hydrogen (secondary N) is 1. The van der Waals surface area contributed by atoms with Crippen LogP contribution in [0.4, 0.5) is 0 Å². The molecule has 0 spiro atoms. The molecule has 1 heterocycles. The molecule has 0 fully saturated rings. The van der Waals surface area contributed by atoms with E-state index in [1.54, 1.807) is 0 Å². The number of fused-ring (bicyclic) bond motifs is 1. The van der Waals surface area contributed by atoms with Crippen LogP contribution in [-0.4, -0.2) is 25.8 Å². The smallest absolute Gasteiger partial charge is 0.0729 e. The van der Waals surface area contributed by atoms with Crippen LogP contribution < -0.4 is 5.32 Å². The quantitative estimate of drug-likeness (QED) is 0.836. The van der Waals surface area contributed by atoms with Gasteiger partial charge in [0, 0.05) is 21.7 Å².